The van der Waals surface area contributed by atoms with Crippen LogP contribution in [0.3, 0.4) is 0 Å². The molecule has 0 saturated heterocycles. The first-order valence-corrected chi connectivity index (χ1v) is 5.64. The number of anilines is 1. The van der Waals surface area contributed by atoms with E-state index in [0.29, 0.717) is 23.7 Å². The fraction of sp³-hybridized carbons (Fsp3) is 0.0833. The van der Waals surface area contributed by atoms with Crippen LogP contribution in [0, 0.1) is 5.82 Å². The molecule has 0 atom stereocenters. The van der Waals surface area contributed by atoms with E-state index in [9.17, 15) is 9.18 Å². The van der Waals surface area contributed by atoms with Gasteiger partial charge >= 0.3 is 0 Å². The van der Waals surface area contributed by atoms with Crippen molar-refractivity contribution in [1.82, 2.24) is 19.9 Å². The van der Waals surface area contributed by atoms with Gasteiger partial charge in [-0.3, -0.25) is 9.78 Å². The molecule has 2 heterocycles. The van der Waals surface area contributed by atoms with Gasteiger partial charge in [0.05, 0.1) is 6.33 Å². The molecule has 0 fully saturated rings. The lowest BCUT2D eigenvalue weighted by atomic mass is 10.2. The fourth-order valence-electron chi connectivity index (χ4n) is 1.71. The van der Waals surface area contributed by atoms with Gasteiger partial charge in [0.1, 0.15) is 5.82 Å². The molecule has 96 valence electrons. The number of aromatic nitrogens is 4. The summed E-state index contributed by atoms with van der Waals surface area (Å²) >= 11 is 0. The molecule has 7 heteroatoms. The summed E-state index contributed by atoms with van der Waals surface area (Å²) in [6, 6.07) is 6.08. The molecule has 0 saturated carbocycles. The molecule has 0 unspecified atom stereocenters. The predicted molar refractivity (Wildman–Crippen MR) is 68.2 cm³/mol. The minimum atomic E-state index is -0.288. The Morgan fingerprint density at radius 2 is 2.05 bits per heavy atom. The highest BCUT2D eigenvalue weighted by Gasteiger charge is 2.05. The molecule has 6 nitrogen and oxygen atoms in total. The summed E-state index contributed by atoms with van der Waals surface area (Å²) in [4.78, 5) is 25.0. The molecule has 1 aromatic carbocycles. The van der Waals surface area contributed by atoms with Gasteiger partial charge in [-0.25, -0.2) is 9.37 Å². The molecule has 19 heavy (non-hydrogen) atoms. The zero-order valence-corrected chi connectivity index (χ0v) is 9.77. The van der Waals surface area contributed by atoms with Gasteiger partial charge in [-0.05, 0) is 17.7 Å². The maximum Gasteiger partial charge on any atom is 0.278 e. The van der Waals surface area contributed by atoms with E-state index in [1.807, 2.05) is 0 Å². The van der Waals surface area contributed by atoms with Crippen LogP contribution in [0.25, 0.3) is 11.2 Å². The molecule has 2 aromatic heterocycles. The molecular weight excluding hydrogens is 249 g/mol. The molecule has 3 N–H and O–H groups in total. The van der Waals surface area contributed by atoms with E-state index >= 15 is 0 Å². The van der Waals surface area contributed by atoms with Gasteiger partial charge in [-0.2, -0.15) is 4.98 Å². The van der Waals surface area contributed by atoms with Crippen molar-refractivity contribution < 1.29 is 4.39 Å². The molecule has 0 radical (unpaired) electrons. The number of nitrogens with zero attached hydrogens (tertiary/aromatic N) is 2. The minimum absolute atomic E-state index is 0.284. The van der Waals surface area contributed by atoms with Crippen molar-refractivity contribution in [3.63, 3.8) is 0 Å². The normalized spacial score (nSPS) is 10.8. The van der Waals surface area contributed by atoms with Crippen molar-refractivity contribution >= 4 is 17.1 Å². The fourth-order valence-corrected chi connectivity index (χ4v) is 1.71. The van der Waals surface area contributed by atoms with Crippen molar-refractivity contribution in [1.29, 1.82) is 0 Å². The summed E-state index contributed by atoms with van der Waals surface area (Å²) in [5, 5.41) is 2.96. The smallest absolute Gasteiger partial charge is 0.278 e. The van der Waals surface area contributed by atoms with Crippen LogP contribution in [0.5, 0.6) is 0 Å². The van der Waals surface area contributed by atoms with Crippen LogP contribution < -0.4 is 10.9 Å². The third-order valence-corrected chi connectivity index (χ3v) is 2.67. The topological polar surface area (TPSA) is 86.5 Å². The third-order valence-electron chi connectivity index (χ3n) is 2.67. The lowest BCUT2D eigenvalue weighted by Gasteiger charge is -2.05. The zero-order chi connectivity index (χ0) is 13.2. The van der Waals surface area contributed by atoms with Crippen LogP contribution in [0.1, 0.15) is 5.56 Å². The minimum Gasteiger partial charge on any atom is -0.352 e. The first-order chi connectivity index (χ1) is 9.22. The van der Waals surface area contributed by atoms with E-state index in [2.05, 4.69) is 25.3 Å². The Bertz CT molecular complexity index is 762. The van der Waals surface area contributed by atoms with Gasteiger partial charge in [-0.1, -0.05) is 12.1 Å². The summed E-state index contributed by atoms with van der Waals surface area (Å²) in [5.74, 6) is 0.0437. The van der Waals surface area contributed by atoms with Crippen molar-refractivity contribution in [2.75, 3.05) is 5.32 Å². The summed E-state index contributed by atoms with van der Waals surface area (Å²) in [7, 11) is 0. The quantitative estimate of drug-likeness (QED) is 0.663. The van der Waals surface area contributed by atoms with E-state index in [1.54, 1.807) is 12.1 Å². The summed E-state index contributed by atoms with van der Waals surface area (Å²) in [5.41, 5.74) is 1.29. The number of imidazole rings is 1. The van der Waals surface area contributed by atoms with Gasteiger partial charge in [0.2, 0.25) is 5.95 Å². The van der Waals surface area contributed by atoms with Gasteiger partial charge < -0.3 is 10.3 Å². The van der Waals surface area contributed by atoms with Crippen LogP contribution in [-0.2, 0) is 6.54 Å². The Morgan fingerprint density at radius 1 is 1.26 bits per heavy atom. The summed E-state index contributed by atoms with van der Waals surface area (Å²) in [6.45, 7) is 0.430. The van der Waals surface area contributed by atoms with Crippen LogP contribution in [-0.4, -0.2) is 19.9 Å². The van der Waals surface area contributed by atoms with Crippen molar-refractivity contribution in [3.8, 4) is 0 Å². The van der Waals surface area contributed by atoms with Gasteiger partial charge in [0.25, 0.3) is 5.56 Å². The number of hydrogen-bond donors (Lipinski definition) is 3. The number of benzene rings is 1. The maximum atomic E-state index is 12.7. The van der Waals surface area contributed by atoms with E-state index in [4.69, 9.17) is 0 Å². The number of aromatic amines is 2. The first-order valence-electron chi connectivity index (χ1n) is 5.64. The second-order valence-corrected chi connectivity index (χ2v) is 4.00. The standard InChI is InChI=1S/C12H10FN5O/c13-8-3-1-7(2-4-8)5-14-12-17-10-9(11(19)18-12)15-6-16-10/h1-4,6H,5H2,(H3,14,15,16,17,18,19). The lowest BCUT2D eigenvalue weighted by Crippen LogP contribution is -2.13. The highest BCUT2D eigenvalue weighted by atomic mass is 19.1. The average molecular weight is 259 g/mol. The first kappa shape index (κ1) is 11.4. The SMILES string of the molecule is O=c1[nH]c(NCc2ccc(F)cc2)nc2nc[nH]c12. The van der Waals surface area contributed by atoms with Gasteiger partial charge in [-0.15, -0.1) is 0 Å². The Morgan fingerprint density at radius 3 is 2.84 bits per heavy atom. The summed E-state index contributed by atoms with van der Waals surface area (Å²) < 4.78 is 12.7. The van der Waals surface area contributed by atoms with Gasteiger partial charge in [0.15, 0.2) is 11.2 Å². The van der Waals surface area contributed by atoms with Crippen LogP contribution >= 0.6 is 0 Å². The van der Waals surface area contributed by atoms with Gasteiger partial charge in [0, 0.05) is 6.54 Å². The number of rotatable bonds is 3. The van der Waals surface area contributed by atoms with E-state index in [0.717, 1.165) is 5.56 Å². The highest BCUT2D eigenvalue weighted by molar-refractivity contribution is 5.69. The molecule has 0 spiro atoms. The molecule has 3 rings (SSSR count). The number of hydrogen-bond acceptors (Lipinski definition) is 4. The van der Waals surface area contributed by atoms with Crippen LogP contribution in [0.4, 0.5) is 10.3 Å². The Balaban J connectivity index is 1.81. The van der Waals surface area contributed by atoms with Crippen LogP contribution in [0.2, 0.25) is 0 Å². The second kappa shape index (κ2) is 4.52. The average Bonchev–Trinajstić information content (AvgIpc) is 2.87. The lowest BCUT2D eigenvalue weighted by molar-refractivity contribution is 0.627. The third kappa shape index (κ3) is 2.30. The maximum absolute atomic E-state index is 12.7. The largest absolute Gasteiger partial charge is 0.352 e. The van der Waals surface area contributed by atoms with Crippen molar-refractivity contribution in [3.05, 3.63) is 52.3 Å². The molecule has 0 aliphatic heterocycles. The molecule has 0 amide bonds. The molecular formula is C12H10FN5O. The van der Waals surface area contributed by atoms with E-state index < -0.39 is 0 Å². The molecule has 0 bridgehead atoms. The number of fused-ring (bicyclic) bond motifs is 1. The summed E-state index contributed by atoms with van der Waals surface area (Å²) in [6.07, 6.45) is 1.41. The molecule has 0 aliphatic carbocycles. The Labute approximate surface area is 106 Å². The number of halogens is 1. The zero-order valence-electron chi connectivity index (χ0n) is 9.77. The Kier molecular flexibility index (Phi) is 2.71. The molecule has 0 aliphatic rings. The monoisotopic (exact) mass is 259 g/mol. The van der Waals surface area contributed by atoms with Crippen LogP contribution in [0.15, 0.2) is 35.4 Å². The van der Waals surface area contributed by atoms with Crippen molar-refractivity contribution in [2.45, 2.75) is 6.54 Å². The van der Waals surface area contributed by atoms with E-state index in [1.165, 1.54) is 18.5 Å². The molecule has 3 aromatic rings. The van der Waals surface area contributed by atoms with E-state index in [-0.39, 0.29) is 11.4 Å². The second-order valence-electron chi connectivity index (χ2n) is 4.00. The number of nitrogens with one attached hydrogen (secondary N) is 3. The predicted octanol–water partition coefficient (Wildman–Crippen LogP) is 1.40. The van der Waals surface area contributed by atoms with Crippen molar-refractivity contribution in [2.24, 2.45) is 0 Å². The Hall–Kier alpha value is -2.70. The highest BCUT2D eigenvalue weighted by Crippen LogP contribution is 2.06. The number of H-pyrrole nitrogens is 2.